The highest BCUT2D eigenvalue weighted by Gasteiger charge is 2.21. The predicted molar refractivity (Wildman–Crippen MR) is 105 cm³/mol. The average molecular weight is 386 g/mol. The summed E-state index contributed by atoms with van der Waals surface area (Å²) in [5, 5.41) is 11.7. The monoisotopic (exact) mass is 386 g/mol. The molecule has 0 bridgehead atoms. The second-order valence-electron chi connectivity index (χ2n) is 6.21. The van der Waals surface area contributed by atoms with Gasteiger partial charge in [0.2, 0.25) is 5.91 Å². The van der Waals surface area contributed by atoms with Crippen LogP contribution in [-0.2, 0) is 11.8 Å². The van der Waals surface area contributed by atoms with E-state index in [1.807, 2.05) is 56.7 Å². The van der Waals surface area contributed by atoms with Crippen molar-refractivity contribution >= 4 is 23.4 Å². The maximum atomic E-state index is 12.6. The van der Waals surface area contributed by atoms with E-state index in [0.29, 0.717) is 22.4 Å². The van der Waals surface area contributed by atoms with Gasteiger partial charge in [0.25, 0.3) is 0 Å². The first-order valence-corrected chi connectivity index (χ1v) is 9.34. The minimum atomic E-state index is -0.364. The molecule has 27 heavy (non-hydrogen) atoms. The number of amides is 1. The fraction of sp³-hybridized carbons (Fsp3) is 0.316. The van der Waals surface area contributed by atoms with Gasteiger partial charge in [-0.15, -0.1) is 10.2 Å². The normalized spacial score (nSPS) is 12.0. The highest BCUT2D eigenvalue weighted by atomic mass is 32.2. The van der Waals surface area contributed by atoms with Gasteiger partial charge in [0.15, 0.2) is 11.0 Å². The molecule has 8 heteroatoms. The van der Waals surface area contributed by atoms with Crippen molar-refractivity contribution in [1.82, 2.24) is 14.8 Å². The molecule has 1 N–H and O–H groups in total. The molecule has 1 atom stereocenters. The van der Waals surface area contributed by atoms with Crippen molar-refractivity contribution in [2.75, 3.05) is 12.4 Å². The topological polar surface area (TPSA) is 82.2 Å². The van der Waals surface area contributed by atoms with Gasteiger partial charge < -0.3 is 19.0 Å². The number of thioether (sulfide) groups is 1. The summed E-state index contributed by atoms with van der Waals surface area (Å²) in [6, 6.07) is 7.51. The maximum absolute atomic E-state index is 12.6. The number of nitrogens with zero attached hydrogens (tertiary/aromatic N) is 3. The summed E-state index contributed by atoms with van der Waals surface area (Å²) in [6.45, 7) is 5.67. The summed E-state index contributed by atoms with van der Waals surface area (Å²) in [5.74, 6) is 1.98. The number of aryl methyl sites for hydroxylation is 2. The number of furan rings is 1. The van der Waals surface area contributed by atoms with Gasteiger partial charge in [-0.1, -0.05) is 17.8 Å². The first-order valence-electron chi connectivity index (χ1n) is 8.46. The predicted octanol–water partition coefficient (Wildman–Crippen LogP) is 3.82. The summed E-state index contributed by atoms with van der Waals surface area (Å²) in [7, 11) is 3.45. The molecule has 0 aliphatic carbocycles. The smallest absolute Gasteiger partial charge is 0.237 e. The number of nitrogens with one attached hydrogen (secondary N) is 1. The number of carbonyl (C=O) groups excluding carboxylic acids is 1. The van der Waals surface area contributed by atoms with Crippen molar-refractivity contribution in [3.63, 3.8) is 0 Å². The van der Waals surface area contributed by atoms with Gasteiger partial charge in [-0.2, -0.15) is 0 Å². The van der Waals surface area contributed by atoms with Crippen LogP contribution in [0.1, 0.15) is 18.2 Å². The Hall–Kier alpha value is -2.74. The Kier molecular flexibility index (Phi) is 5.55. The van der Waals surface area contributed by atoms with Crippen molar-refractivity contribution in [2.24, 2.45) is 7.05 Å². The summed E-state index contributed by atoms with van der Waals surface area (Å²) in [5.41, 5.74) is 2.58. The van der Waals surface area contributed by atoms with Gasteiger partial charge in [-0.3, -0.25) is 4.79 Å². The third-order valence-corrected chi connectivity index (χ3v) is 5.33. The Morgan fingerprint density at radius 3 is 2.74 bits per heavy atom. The molecule has 3 aromatic rings. The molecule has 0 unspecified atom stereocenters. The molecule has 0 aliphatic rings. The summed E-state index contributed by atoms with van der Waals surface area (Å²) in [6.07, 6.45) is 1.62. The Bertz CT molecular complexity index is 964. The highest BCUT2D eigenvalue weighted by Crippen LogP contribution is 2.30. The summed E-state index contributed by atoms with van der Waals surface area (Å²) >= 11 is 1.35. The van der Waals surface area contributed by atoms with E-state index in [9.17, 15) is 4.79 Å². The average Bonchev–Trinajstić information content (AvgIpc) is 3.21. The third-order valence-electron chi connectivity index (χ3n) is 4.20. The quantitative estimate of drug-likeness (QED) is 0.649. The molecule has 1 aromatic carbocycles. The standard InChI is InChI=1S/C19H22N4O3S/c1-11-6-7-16(25-5)15(10-11)20-18(24)13(3)27-19-22-21-17(23(19)4)14-8-9-26-12(14)2/h6-10,13H,1-5H3,(H,20,24)/t13-/m1/s1. The number of anilines is 1. The van der Waals surface area contributed by atoms with Crippen molar-refractivity contribution < 1.29 is 13.9 Å². The van der Waals surface area contributed by atoms with E-state index < -0.39 is 0 Å². The third kappa shape index (κ3) is 4.00. The van der Waals surface area contributed by atoms with Crippen LogP contribution in [0.2, 0.25) is 0 Å². The molecule has 2 heterocycles. The fourth-order valence-corrected chi connectivity index (χ4v) is 3.45. The minimum Gasteiger partial charge on any atom is -0.495 e. The number of aromatic nitrogens is 3. The molecule has 0 fully saturated rings. The number of benzene rings is 1. The second-order valence-corrected chi connectivity index (χ2v) is 7.52. The summed E-state index contributed by atoms with van der Waals surface area (Å²) in [4.78, 5) is 12.6. The lowest BCUT2D eigenvalue weighted by molar-refractivity contribution is -0.115. The number of ether oxygens (including phenoxy) is 1. The molecule has 0 saturated carbocycles. The van der Waals surface area contributed by atoms with Crippen molar-refractivity contribution in [3.8, 4) is 17.1 Å². The van der Waals surface area contributed by atoms with Crippen molar-refractivity contribution in [3.05, 3.63) is 41.9 Å². The zero-order chi connectivity index (χ0) is 19.6. The number of hydrogen-bond donors (Lipinski definition) is 1. The van der Waals surface area contributed by atoms with Crippen LogP contribution in [0.4, 0.5) is 5.69 Å². The van der Waals surface area contributed by atoms with Gasteiger partial charge in [0.05, 0.1) is 29.9 Å². The zero-order valence-corrected chi connectivity index (χ0v) is 16.8. The molecule has 0 radical (unpaired) electrons. The van der Waals surface area contributed by atoms with Crippen LogP contribution < -0.4 is 10.1 Å². The number of methoxy groups -OCH3 is 1. The van der Waals surface area contributed by atoms with E-state index in [-0.39, 0.29) is 11.2 Å². The van der Waals surface area contributed by atoms with E-state index in [1.165, 1.54) is 11.8 Å². The van der Waals surface area contributed by atoms with E-state index in [4.69, 9.17) is 9.15 Å². The van der Waals surface area contributed by atoms with Crippen LogP contribution in [0.3, 0.4) is 0 Å². The zero-order valence-electron chi connectivity index (χ0n) is 15.9. The molecular weight excluding hydrogens is 364 g/mol. The minimum absolute atomic E-state index is 0.132. The number of hydrogen-bond acceptors (Lipinski definition) is 6. The molecule has 2 aromatic heterocycles. The largest absolute Gasteiger partial charge is 0.495 e. The molecule has 0 aliphatic heterocycles. The lowest BCUT2D eigenvalue weighted by Gasteiger charge is -2.14. The van der Waals surface area contributed by atoms with Crippen LogP contribution >= 0.6 is 11.8 Å². The molecule has 0 saturated heterocycles. The van der Waals surface area contributed by atoms with Crippen molar-refractivity contribution in [2.45, 2.75) is 31.2 Å². The maximum Gasteiger partial charge on any atom is 0.237 e. The molecule has 0 spiro atoms. The van der Waals surface area contributed by atoms with Gasteiger partial charge in [0.1, 0.15) is 11.5 Å². The number of rotatable bonds is 6. The lowest BCUT2D eigenvalue weighted by atomic mass is 10.2. The van der Waals surface area contributed by atoms with Crippen LogP contribution in [0.5, 0.6) is 5.75 Å². The molecule has 1 amide bonds. The Balaban J connectivity index is 1.73. The van der Waals surface area contributed by atoms with E-state index in [0.717, 1.165) is 16.9 Å². The molecule has 7 nitrogen and oxygen atoms in total. The fourth-order valence-electron chi connectivity index (χ4n) is 2.63. The van der Waals surface area contributed by atoms with Gasteiger partial charge in [-0.25, -0.2) is 0 Å². The Morgan fingerprint density at radius 1 is 1.30 bits per heavy atom. The first kappa shape index (κ1) is 19.0. The molecular formula is C19H22N4O3S. The Labute approximate surface area is 162 Å². The van der Waals surface area contributed by atoms with Gasteiger partial charge in [-0.05, 0) is 44.5 Å². The van der Waals surface area contributed by atoms with Crippen LogP contribution in [-0.4, -0.2) is 33.0 Å². The van der Waals surface area contributed by atoms with E-state index >= 15 is 0 Å². The molecule has 3 rings (SSSR count). The lowest BCUT2D eigenvalue weighted by Crippen LogP contribution is -2.23. The molecule has 142 valence electrons. The van der Waals surface area contributed by atoms with Crippen molar-refractivity contribution in [1.29, 1.82) is 0 Å². The summed E-state index contributed by atoms with van der Waals surface area (Å²) < 4.78 is 12.5. The van der Waals surface area contributed by atoms with Crippen LogP contribution in [0, 0.1) is 13.8 Å². The first-order chi connectivity index (χ1) is 12.9. The number of carbonyl (C=O) groups is 1. The van der Waals surface area contributed by atoms with Crippen LogP contribution in [0.15, 0.2) is 40.1 Å². The van der Waals surface area contributed by atoms with Gasteiger partial charge >= 0.3 is 0 Å². The highest BCUT2D eigenvalue weighted by molar-refractivity contribution is 8.00. The Morgan fingerprint density at radius 2 is 2.07 bits per heavy atom. The van der Waals surface area contributed by atoms with Gasteiger partial charge in [0, 0.05) is 7.05 Å². The van der Waals surface area contributed by atoms with E-state index in [2.05, 4.69) is 15.5 Å². The SMILES string of the molecule is COc1ccc(C)cc1NC(=O)[C@@H](C)Sc1nnc(-c2ccoc2C)n1C. The van der Waals surface area contributed by atoms with E-state index in [1.54, 1.807) is 13.4 Å². The van der Waals surface area contributed by atoms with Crippen LogP contribution in [0.25, 0.3) is 11.4 Å². The second kappa shape index (κ2) is 7.87.